The highest BCUT2D eigenvalue weighted by Gasteiger charge is 2.41. The van der Waals surface area contributed by atoms with Crippen LogP contribution in [0.4, 0.5) is 0 Å². The molecule has 1 aromatic heterocycles. The standard InChI is InChI=1S/C14H16N2O6/c1-7-3-4-22-9-6-15-5-8(14(19)20)11(17)12(21-2)10(15)13(18)16(7)9/h5,7,9H,3-4,6H2,1-2H3,(H,19,20). The number of amides is 1. The molecule has 0 bridgehead atoms. The van der Waals surface area contributed by atoms with E-state index in [4.69, 9.17) is 14.6 Å². The summed E-state index contributed by atoms with van der Waals surface area (Å²) in [5, 5.41) is 9.13. The Morgan fingerprint density at radius 1 is 1.45 bits per heavy atom. The Morgan fingerprint density at radius 2 is 2.18 bits per heavy atom. The largest absolute Gasteiger partial charge is 0.491 e. The summed E-state index contributed by atoms with van der Waals surface area (Å²) < 4.78 is 12.1. The van der Waals surface area contributed by atoms with Gasteiger partial charge in [0.05, 0.1) is 20.3 Å². The first-order chi connectivity index (χ1) is 10.5. The molecule has 8 heteroatoms. The summed E-state index contributed by atoms with van der Waals surface area (Å²) in [6.07, 6.45) is 1.43. The van der Waals surface area contributed by atoms with E-state index in [2.05, 4.69) is 0 Å². The highest BCUT2D eigenvalue weighted by molar-refractivity contribution is 5.98. The first-order valence-electron chi connectivity index (χ1n) is 6.94. The maximum absolute atomic E-state index is 12.7. The third-order valence-corrected chi connectivity index (χ3v) is 4.09. The van der Waals surface area contributed by atoms with Crippen molar-refractivity contribution in [2.75, 3.05) is 13.7 Å². The van der Waals surface area contributed by atoms with E-state index < -0.39 is 23.2 Å². The van der Waals surface area contributed by atoms with Crippen LogP contribution in [0.15, 0.2) is 11.0 Å². The van der Waals surface area contributed by atoms with Crippen LogP contribution in [-0.4, -0.2) is 52.4 Å². The molecule has 1 saturated heterocycles. The van der Waals surface area contributed by atoms with Gasteiger partial charge in [-0.1, -0.05) is 0 Å². The number of aromatic carboxylic acids is 1. The van der Waals surface area contributed by atoms with Crippen molar-refractivity contribution in [3.05, 3.63) is 27.7 Å². The maximum atomic E-state index is 12.7. The molecule has 0 spiro atoms. The van der Waals surface area contributed by atoms with Gasteiger partial charge in [-0.2, -0.15) is 0 Å². The van der Waals surface area contributed by atoms with Crippen LogP contribution >= 0.6 is 0 Å². The predicted molar refractivity (Wildman–Crippen MR) is 74.2 cm³/mol. The van der Waals surface area contributed by atoms with Crippen molar-refractivity contribution in [1.82, 2.24) is 9.47 Å². The Labute approximate surface area is 125 Å². The Morgan fingerprint density at radius 3 is 2.82 bits per heavy atom. The summed E-state index contributed by atoms with van der Waals surface area (Å²) in [5.41, 5.74) is -1.14. The summed E-state index contributed by atoms with van der Waals surface area (Å²) in [7, 11) is 1.25. The molecule has 2 aliphatic heterocycles. The van der Waals surface area contributed by atoms with Crippen molar-refractivity contribution in [2.24, 2.45) is 0 Å². The SMILES string of the molecule is COc1c2n(cc(C(=O)O)c1=O)CC1OCCC(C)N1C2=O. The van der Waals surface area contributed by atoms with Crippen LogP contribution in [0, 0.1) is 0 Å². The van der Waals surface area contributed by atoms with E-state index in [0.29, 0.717) is 13.0 Å². The molecule has 0 aliphatic carbocycles. The van der Waals surface area contributed by atoms with E-state index in [1.165, 1.54) is 17.9 Å². The van der Waals surface area contributed by atoms with Crippen molar-refractivity contribution in [3.8, 4) is 5.75 Å². The lowest BCUT2D eigenvalue weighted by atomic mass is 10.1. The molecule has 0 radical (unpaired) electrons. The van der Waals surface area contributed by atoms with Crippen LogP contribution in [0.3, 0.4) is 0 Å². The lowest BCUT2D eigenvalue weighted by Crippen LogP contribution is -2.57. The summed E-state index contributed by atoms with van der Waals surface area (Å²) in [6, 6.07) is -0.0149. The minimum atomic E-state index is -1.36. The molecule has 22 heavy (non-hydrogen) atoms. The number of rotatable bonds is 2. The fourth-order valence-electron chi connectivity index (χ4n) is 2.98. The van der Waals surface area contributed by atoms with Crippen molar-refractivity contribution >= 4 is 11.9 Å². The second-order valence-corrected chi connectivity index (χ2v) is 5.39. The fraction of sp³-hybridized carbons (Fsp3) is 0.500. The van der Waals surface area contributed by atoms with Crippen molar-refractivity contribution in [3.63, 3.8) is 0 Å². The van der Waals surface area contributed by atoms with Gasteiger partial charge in [-0.05, 0) is 13.3 Å². The second-order valence-electron chi connectivity index (χ2n) is 5.39. The summed E-state index contributed by atoms with van der Waals surface area (Å²) in [5.74, 6) is -1.97. The molecule has 2 atom stereocenters. The van der Waals surface area contributed by atoms with Gasteiger partial charge in [0.1, 0.15) is 5.56 Å². The molecule has 1 aromatic rings. The lowest BCUT2D eigenvalue weighted by Gasteiger charge is -2.44. The number of pyridine rings is 1. The Bertz CT molecular complexity index is 710. The molecule has 118 valence electrons. The maximum Gasteiger partial charge on any atom is 0.341 e. The predicted octanol–water partition coefficient (Wildman–Crippen LogP) is 0.146. The summed E-state index contributed by atoms with van der Waals surface area (Å²) >= 11 is 0. The van der Waals surface area contributed by atoms with Crippen LogP contribution in [0.5, 0.6) is 5.75 Å². The molecular weight excluding hydrogens is 292 g/mol. The van der Waals surface area contributed by atoms with E-state index >= 15 is 0 Å². The molecule has 1 amide bonds. The number of hydrogen-bond acceptors (Lipinski definition) is 5. The van der Waals surface area contributed by atoms with Gasteiger partial charge in [-0.25, -0.2) is 4.79 Å². The molecule has 1 fully saturated rings. The van der Waals surface area contributed by atoms with Gasteiger partial charge in [0.2, 0.25) is 5.43 Å². The Hall–Kier alpha value is -2.35. The average molecular weight is 308 g/mol. The van der Waals surface area contributed by atoms with E-state index in [-0.39, 0.29) is 29.9 Å². The van der Waals surface area contributed by atoms with E-state index in [9.17, 15) is 14.4 Å². The van der Waals surface area contributed by atoms with Gasteiger partial charge in [-0.15, -0.1) is 0 Å². The molecule has 0 aromatic carbocycles. The van der Waals surface area contributed by atoms with Gasteiger partial charge in [0, 0.05) is 12.2 Å². The van der Waals surface area contributed by atoms with Gasteiger partial charge < -0.3 is 24.0 Å². The molecule has 1 N–H and O–H groups in total. The number of methoxy groups -OCH3 is 1. The number of nitrogens with zero attached hydrogens (tertiary/aromatic N) is 2. The third-order valence-electron chi connectivity index (χ3n) is 4.09. The zero-order valence-electron chi connectivity index (χ0n) is 12.2. The van der Waals surface area contributed by atoms with Crippen LogP contribution in [0.25, 0.3) is 0 Å². The van der Waals surface area contributed by atoms with Gasteiger partial charge in [0.25, 0.3) is 5.91 Å². The molecule has 3 rings (SSSR count). The molecule has 2 aliphatic rings. The second kappa shape index (κ2) is 5.13. The molecule has 2 unspecified atom stereocenters. The number of carboxylic acid groups (broad SMARTS) is 1. The Balaban J connectivity index is 2.21. The van der Waals surface area contributed by atoms with Crippen LogP contribution < -0.4 is 10.2 Å². The van der Waals surface area contributed by atoms with Crippen LogP contribution in [0.2, 0.25) is 0 Å². The monoisotopic (exact) mass is 308 g/mol. The summed E-state index contributed by atoms with van der Waals surface area (Å²) in [4.78, 5) is 37.7. The average Bonchev–Trinajstić information content (AvgIpc) is 2.47. The number of fused-ring (bicyclic) bond motifs is 2. The zero-order chi connectivity index (χ0) is 16.0. The summed E-state index contributed by atoms with van der Waals surface area (Å²) in [6.45, 7) is 2.72. The highest BCUT2D eigenvalue weighted by atomic mass is 16.5. The number of aromatic nitrogens is 1. The van der Waals surface area contributed by atoms with Gasteiger partial charge in [0.15, 0.2) is 17.7 Å². The quantitative estimate of drug-likeness (QED) is 0.835. The normalized spacial score (nSPS) is 23.7. The zero-order valence-corrected chi connectivity index (χ0v) is 12.2. The lowest BCUT2D eigenvalue weighted by molar-refractivity contribution is -0.112. The van der Waals surface area contributed by atoms with Crippen molar-refractivity contribution < 1.29 is 24.2 Å². The van der Waals surface area contributed by atoms with Crippen molar-refractivity contribution in [2.45, 2.75) is 32.2 Å². The number of carboxylic acids is 1. The van der Waals surface area contributed by atoms with Gasteiger partial charge >= 0.3 is 5.97 Å². The Kier molecular flexibility index (Phi) is 3.40. The minimum absolute atomic E-state index is 0.0149. The van der Waals surface area contributed by atoms with E-state index in [1.54, 1.807) is 4.90 Å². The number of carbonyl (C=O) groups excluding carboxylic acids is 1. The molecular formula is C14H16N2O6. The first kappa shape index (κ1) is 14.6. The number of carbonyl (C=O) groups is 2. The smallest absolute Gasteiger partial charge is 0.341 e. The first-order valence-corrected chi connectivity index (χ1v) is 6.94. The number of hydrogen-bond donors (Lipinski definition) is 1. The molecule has 3 heterocycles. The van der Waals surface area contributed by atoms with Crippen LogP contribution in [-0.2, 0) is 11.3 Å². The van der Waals surface area contributed by atoms with Crippen molar-refractivity contribution in [1.29, 1.82) is 0 Å². The van der Waals surface area contributed by atoms with E-state index in [0.717, 1.165) is 0 Å². The minimum Gasteiger partial charge on any atom is -0.491 e. The van der Waals surface area contributed by atoms with Crippen LogP contribution in [0.1, 0.15) is 34.2 Å². The topological polar surface area (TPSA) is 98.1 Å². The fourth-order valence-corrected chi connectivity index (χ4v) is 2.98. The van der Waals surface area contributed by atoms with E-state index in [1.807, 2.05) is 6.92 Å². The number of ether oxygens (including phenoxy) is 2. The highest BCUT2D eigenvalue weighted by Crippen LogP contribution is 2.29. The molecule has 0 saturated carbocycles. The molecule has 8 nitrogen and oxygen atoms in total. The van der Waals surface area contributed by atoms with Gasteiger partial charge in [-0.3, -0.25) is 9.59 Å². The third kappa shape index (κ3) is 1.98.